The molecule has 262 valence electrons. The van der Waals surface area contributed by atoms with Crippen molar-refractivity contribution in [3.63, 3.8) is 0 Å². The predicted molar refractivity (Wildman–Crippen MR) is 173 cm³/mol. The van der Waals surface area contributed by atoms with E-state index in [1.165, 1.54) is 11.3 Å². The molecule has 1 saturated heterocycles. The zero-order valence-corrected chi connectivity index (χ0v) is 27.9. The number of carboxylic acids is 3. The summed E-state index contributed by atoms with van der Waals surface area (Å²) in [5, 5.41) is 35.7. The minimum absolute atomic E-state index is 0.0813. The summed E-state index contributed by atoms with van der Waals surface area (Å²) in [4.78, 5) is 80.2. The molecule has 2 heterocycles. The number of rotatable bonds is 16. The third-order valence-electron chi connectivity index (χ3n) is 8.30. The maximum Gasteiger partial charge on any atom is 0.320 e. The molecular formula is C33H43N5O9S-2. The molecule has 2 unspecified atom stereocenters. The summed E-state index contributed by atoms with van der Waals surface area (Å²) in [5.74, 6) is -4.52. The Hall–Kier alpha value is -4.02. The summed E-state index contributed by atoms with van der Waals surface area (Å²) in [6.07, 6.45) is 1.29. The van der Waals surface area contributed by atoms with Crippen molar-refractivity contribution in [2.24, 2.45) is 0 Å². The number of nitrogens with one attached hydrogen (secondary N) is 1. The molecule has 15 heteroatoms. The quantitative estimate of drug-likeness (QED) is 0.116. The maximum absolute atomic E-state index is 12.9. The molecule has 2 atom stereocenters. The second-order valence-corrected chi connectivity index (χ2v) is 12.8. The van der Waals surface area contributed by atoms with E-state index < -0.39 is 36.4 Å². The highest BCUT2D eigenvalue weighted by atomic mass is 32.1. The highest BCUT2D eigenvalue weighted by Crippen LogP contribution is 2.27. The number of ketones is 1. The first kappa shape index (κ1) is 38.4. The molecule has 0 radical (unpaired) electrons. The number of hydrogen-bond donors (Lipinski definition) is 2. The van der Waals surface area contributed by atoms with Gasteiger partial charge in [-0.1, -0.05) is 30.3 Å². The number of benzene rings is 1. The van der Waals surface area contributed by atoms with Crippen LogP contribution in [0.1, 0.15) is 45.8 Å². The van der Waals surface area contributed by atoms with Crippen molar-refractivity contribution < 1.29 is 44.1 Å². The van der Waals surface area contributed by atoms with Crippen LogP contribution in [0.5, 0.6) is 0 Å². The lowest BCUT2D eigenvalue weighted by molar-refractivity contribution is -0.308. The second kappa shape index (κ2) is 19.7. The minimum atomic E-state index is -1.31. The highest BCUT2D eigenvalue weighted by Gasteiger charge is 2.27. The first-order chi connectivity index (χ1) is 23.0. The Morgan fingerprint density at radius 1 is 0.854 bits per heavy atom. The van der Waals surface area contributed by atoms with E-state index in [2.05, 4.69) is 5.32 Å². The van der Waals surface area contributed by atoms with Gasteiger partial charge >= 0.3 is 5.97 Å². The monoisotopic (exact) mass is 685 g/mol. The van der Waals surface area contributed by atoms with Crippen LogP contribution in [0.4, 0.5) is 0 Å². The predicted octanol–water partition coefficient (Wildman–Crippen LogP) is -1.65. The van der Waals surface area contributed by atoms with Crippen molar-refractivity contribution in [1.82, 2.24) is 24.9 Å². The number of aliphatic carboxylic acids is 3. The van der Waals surface area contributed by atoms with Crippen LogP contribution in [0.3, 0.4) is 0 Å². The molecule has 1 aliphatic heterocycles. The Balaban J connectivity index is 1.61. The molecule has 1 amide bonds. The second-order valence-electron chi connectivity index (χ2n) is 11.7. The summed E-state index contributed by atoms with van der Waals surface area (Å²) in [6.45, 7) is 3.34. The van der Waals surface area contributed by atoms with Crippen LogP contribution in [-0.4, -0.2) is 145 Å². The van der Waals surface area contributed by atoms with Gasteiger partial charge in [-0.15, -0.1) is 11.3 Å². The molecular weight excluding hydrogens is 642 g/mol. The van der Waals surface area contributed by atoms with Gasteiger partial charge < -0.3 is 35.0 Å². The van der Waals surface area contributed by atoms with Crippen molar-refractivity contribution >= 4 is 47.2 Å². The van der Waals surface area contributed by atoms with E-state index in [4.69, 9.17) is 0 Å². The molecule has 2 N–H and O–H groups in total. The fraction of sp³-hybridized carbons (Fsp3) is 0.515. The summed E-state index contributed by atoms with van der Waals surface area (Å²) in [6, 6.07) is 11.4. The first-order valence-corrected chi connectivity index (χ1v) is 16.7. The van der Waals surface area contributed by atoms with Crippen molar-refractivity contribution in [1.29, 1.82) is 0 Å². The largest absolute Gasteiger partial charge is 0.549 e. The van der Waals surface area contributed by atoms with E-state index in [-0.39, 0.29) is 77.0 Å². The van der Waals surface area contributed by atoms with E-state index in [9.17, 15) is 44.1 Å². The number of carbonyl (C=O) groups is 6. The maximum atomic E-state index is 12.9. The van der Waals surface area contributed by atoms with E-state index in [0.717, 1.165) is 11.2 Å². The first-order valence-electron chi connectivity index (χ1n) is 15.9. The van der Waals surface area contributed by atoms with Gasteiger partial charge in [-0.25, -0.2) is 0 Å². The molecule has 1 aliphatic rings. The molecule has 1 aromatic carbocycles. The zero-order chi connectivity index (χ0) is 35.1. The third kappa shape index (κ3) is 12.5. The van der Waals surface area contributed by atoms with Crippen LogP contribution in [0.15, 0.2) is 42.5 Å². The Morgan fingerprint density at radius 2 is 1.42 bits per heavy atom. The number of amides is 1. The van der Waals surface area contributed by atoms with Gasteiger partial charge in [0, 0.05) is 82.4 Å². The molecule has 0 aliphatic carbocycles. The summed E-state index contributed by atoms with van der Waals surface area (Å²) in [5.41, 5.74) is 0.566. The molecule has 14 nitrogen and oxygen atoms in total. The van der Waals surface area contributed by atoms with Crippen LogP contribution in [0.2, 0.25) is 0 Å². The molecule has 1 fully saturated rings. The lowest BCUT2D eigenvalue weighted by Crippen LogP contribution is -2.52. The Kier molecular flexibility index (Phi) is 15.8. The number of hydrogen-bond acceptors (Lipinski definition) is 13. The SMILES string of the molecule is CC(C(=O)NCCCC(C(=O)O)N1CCN(CC=O)CCN(CC(=O)[O-])CCN(CC(=O)[O-])CC1)c1ccc(C(=O)c2ccccc2)s1. The number of carboxylic acid groups (broad SMARTS) is 3. The fourth-order valence-electron chi connectivity index (χ4n) is 5.52. The fourth-order valence-corrected chi connectivity index (χ4v) is 6.55. The van der Waals surface area contributed by atoms with E-state index in [1.54, 1.807) is 58.0 Å². The van der Waals surface area contributed by atoms with Crippen LogP contribution >= 0.6 is 11.3 Å². The third-order valence-corrected chi connectivity index (χ3v) is 9.56. The Labute approximate surface area is 283 Å². The average molecular weight is 686 g/mol. The lowest BCUT2D eigenvalue weighted by Gasteiger charge is -2.36. The average Bonchev–Trinajstić information content (AvgIpc) is 3.54. The lowest BCUT2D eigenvalue weighted by atomic mass is 10.1. The molecule has 0 bridgehead atoms. The highest BCUT2D eigenvalue weighted by molar-refractivity contribution is 7.14. The van der Waals surface area contributed by atoms with Gasteiger partial charge in [-0.3, -0.25) is 34.0 Å². The van der Waals surface area contributed by atoms with Gasteiger partial charge in [-0.05, 0) is 31.9 Å². The van der Waals surface area contributed by atoms with Crippen LogP contribution < -0.4 is 15.5 Å². The van der Waals surface area contributed by atoms with E-state index in [1.807, 2.05) is 11.0 Å². The van der Waals surface area contributed by atoms with Gasteiger partial charge in [-0.2, -0.15) is 0 Å². The Morgan fingerprint density at radius 3 is 1.98 bits per heavy atom. The molecule has 1 aromatic heterocycles. The summed E-state index contributed by atoms with van der Waals surface area (Å²) >= 11 is 1.26. The minimum Gasteiger partial charge on any atom is -0.549 e. The standard InChI is InChI=1S/C33H45N5O9S/c1-24(27-9-10-28(48-27)31(44)25-6-3-2-4-7-25)32(45)34-11-5-8-26(33(46)47)38-18-16-35(20-21-39)12-13-36(22-29(40)41)14-15-37(17-19-38)23-30(42)43/h2-4,6-7,9-10,21,24,26H,5,8,11-20,22-23H2,1H3,(H,34,45)(H,40,41)(H,42,43)(H,46,47)/p-2. The molecule has 0 saturated carbocycles. The Bertz CT molecular complexity index is 1390. The van der Waals surface area contributed by atoms with Gasteiger partial charge in [0.15, 0.2) is 0 Å². The van der Waals surface area contributed by atoms with Crippen LogP contribution in [0, 0.1) is 0 Å². The molecule has 0 spiro atoms. The zero-order valence-electron chi connectivity index (χ0n) is 27.1. The topological polar surface area (TPSA) is 194 Å². The molecule has 3 rings (SSSR count). The number of thiophene rings is 1. The summed E-state index contributed by atoms with van der Waals surface area (Å²) in [7, 11) is 0. The van der Waals surface area contributed by atoms with E-state index in [0.29, 0.717) is 30.0 Å². The van der Waals surface area contributed by atoms with Gasteiger partial charge in [0.05, 0.1) is 29.3 Å². The van der Waals surface area contributed by atoms with Crippen molar-refractivity contribution in [3.05, 3.63) is 57.8 Å². The molecule has 2 aromatic rings. The summed E-state index contributed by atoms with van der Waals surface area (Å²) < 4.78 is 0. The number of carbonyl (C=O) groups excluding carboxylic acids is 5. The number of nitrogens with zero attached hydrogens (tertiary/aromatic N) is 4. The molecule has 48 heavy (non-hydrogen) atoms. The van der Waals surface area contributed by atoms with Crippen LogP contribution in [0.25, 0.3) is 0 Å². The van der Waals surface area contributed by atoms with Gasteiger partial charge in [0.25, 0.3) is 0 Å². The van der Waals surface area contributed by atoms with Gasteiger partial charge in [0.1, 0.15) is 12.3 Å². The van der Waals surface area contributed by atoms with Crippen molar-refractivity contribution in [2.75, 3.05) is 78.5 Å². The van der Waals surface area contributed by atoms with Gasteiger partial charge in [0.2, 0.25) is 11.7 Å². The van der Waals surface area contributed by atoms with Crippen molar-refractivity contribution in [3.8, 4) is 0 Å². The van der Waals surface area contributed by atoms with E-state index >= 15 is 0 Å². The van der Waals surface area contributed by atoms with Crippen LogP contribution in [-0.2, 0) is 24.0 Å². The van der Waals surface area contributed by atoms with Crippen molar-refractivity contribution in [2.45, 2.75) is 31.7 Å². The number of aldehydes is 1. The smallest absolute Gasteiger partial charge is 0.320 e. The normalized spacial score (nSPS) is 17.4.